The van der Waals surface area contributed by atoms with Crippen molar-refractivity contribution in [1.82, 2.24) is 0 Å². The van der Waals surface area contributed by atoms with Gasteiger partial charge >= 0.3 is 0 Å². The normalized spacial score (nSPS) is 11.8. The smallest absolute Gasteiger partial charge is 0.0453 e. The fourth-order valence-electron chi connectivity index (χ4n) is 1.25. The highest BCUT2D eigenvalue weighted by Gasteiger charge is 2.17. The molecule has 0 atom stereocenters. The van der Waals surface area contributed by atoms with Crippen LogP contribution in [0.5, 0.6) is 0 Å². The van der Waals surface area contributed by atoms with Gasteiger partial charge in [0.2, 0.25) is 0 Å². The molecule has 2 N–H and O–H groups in total. The highest BCUT2D eigenvalue weighted by molar-refractivity contribution is 6.35. The van der Waals surface area contributed by atoms with Crippen LogP contribution in [0.2, 0.25) is 10.0 Å². The number of nitrogens with two attached hydrogens (primary N) is 1. The molecule has 14 heavy (non-hydrogen) atoms. The molecule has 78 valence electrons. The first-order valence-electron chi connectivity index (χ1n) is 4.58. The molecule has 0 saturated carbocycles. The Bertz CT molecular complexity index is 321. The zero-order valence-corrected chi connectivity index (χ0v) is 9.99. The quantitative estimate of drug-likeness (QED) is 0.847. The van der Waals surface area contributed by atoms with Crippen molar-refractivity contribution in [3.8, 4) is 0 Å². The summed E-state index contributed by atoms with van der Waals surface area (Å²) in [6.07, 6.45) is 0.875. The van der Waals surface area contributed by atoms with Crippen LogP contribution in [0.25, 0.3) is 0 Å². The van der Waals surface area contributed by atoms with Crippen LogP contribution in [0.15, 0.2) is 18.2 Å². The van der Waals surface area contributed by atoms with Crippen LogP contribution < -0.4 is 5.73 Å². The molecule has 0 bridgehead atoms. The van der Waals surface area contributed by atoms with Crippen molar-refractivity contribution in [2.75, 3.05) is 6.54 Å². The van der Waals surface area contributed by atoms with Gasteiger partial charge in [-0.15, -0.1) is 0 Å². The van der Waals surface area contributed by atoms with Gasteiger partial charge in [-0.05, 0) is 36.1 Å². The van der Waals surface area contributed by atoms with Crippen LogP contribution in [0, 0.1) is 5.41 Å². The van der Waals surface area contributed by atoms with Gasteiger partial charge in [0.05, 0.1) is 0 Å². The van der Waals surface area contributed by atoms with Gasteiger partial charge in [-0.25, -0.2) is 0 Å². The monoisotopic (exact) mass is 231 g/mol. The lowest BCUT2D eigenvalue weighted by molar-refractivity contribution is 0.377. The fraction of sp³-hybridized carbons (Fsp3) is 0.455. The van der Waals surface area contributed by atoms with Crippen LogP contribution in [-0.2, 0) is 6.42 Å². The second-order valence-electron chi connectivity index (χ2n) is 4.28. The van der Waals surface area contributed by atoms with Crippen LogP contribution in [0.3, 0.4) is 0 Å². The summed E-state index contributed by atoms with van der Waals surface area (Å²) in [6.45, 7) is 4.89. The van der Waals surface area contributed by atoms with E-state index in [1.54, 1.807) is 6.07 Å². The molecule has 0 saturated heterocycles. The van der Waals surface area contributed by atoms with Gasteiger partial charge in [-0.1, -0.05) is 43.1 Å². The molecule has 0 fully saturated rings. The van der Waals surface area contributed by atoms with Crippen molar-refractivity contribution >= 4 is 23.2 Å². The molecule has 1 rings (SSSR count). The Morgan fingerprint density at radius 2 is 1.93 bits per heavy atom. The van der Waals surface area contributed by atoms with E-state index in [0.29, 0.717) is 11.6 Å². The van der Waals surface area contributed by atoms with E-state index in [9.17, 15) is 0 Å². The molecular formula is C11H15Cl2N. The molecule has 1 aromatic rings. The van der Waals surface area contributed by atoms with E-state index < -0.39 is 0 Å². The summed E-state index contributed by atoms with van der Waals surface area (Å²) in [5.41, 5.74) is 6.85. The van der Waals surface area contributed by atoms with Crippen molar-refractivity contribution in [3.63, 3.8) is 0 Å². The fourth-order valence-corrected chi connectivity index (χ4v) is 1.73. The Labute approximate surface area is 95.2 Å². The molecule has 0 aliphatic carbocycles. The number of halogens is 2. The Balaban J connectivity index is 2.87. The van der Waals surface area contributed by atoms with Crippen LogP contribution in [0.4, 0.5) is 0 Å². The average molecular weight is 232 g/mol. The first-order chi connectivity index (χ1) is 6.44. The first kappa shape index (κ1) is 11.8. The molecular weight excluding hydrogens is 217 g/mol. The van der Waals surface area contributed by atoms with Gasteiger partial charge in [0.15, 0.2) is 0 Å². The van der Waals surface area contributed by atoms with Gasteiger partial charge in [-0.3, -0.25) is 0 Å². The van der Waals surface area contributed by atoms with Crippen molar-refractivity contribution in [2.45, 2.75) is 20.3 Å². The van der Waals surface area contributed by atoms with Crippen LogP contribution in [0.1, 0.15) is 19.4 Å². The molecule has 1 nitrogen and oxygen atoms in total. The third-order valence-corrected chi connectivity index (χ3v) is 2.82. The maximum Gasteiger partial charge on any atom is 0.0453 e. The number of hydrogen-bond acceptors (Lipinski definition) is 1. The minimum absolute atomic E-state index is 0.0808. The van der Waals surface area contributed by atoms with E-state index in [4.69, 9.17) is 28.9 Å². The second-order valence-corrected chi connectivity index (χ2v) is 5.12. The van der Waals surface area contributed by atoms with E-state index >= 15 is 0 Å². The molecule has 0 amide bonds. The van der Waals surface area contributed by atoms with E-state index in [1.807, 2.05) is 12.1 Å². The molecule has 0 aromatic heterocycles. The van der Waals surface area contributed by atoms with Crippen LogP contribution in [-0.4, -0.2) is 6.54 Å². The van der Waals surface area contributed by atoms with E-state index in [-0.39, 0.29) is 5.41 Å². The first-order valence-corrected chi connectivity index (χ1v) is 5.34. The predicted molar refractivity (Wildman–Crippen MR) is 63.0 cm³/mol. The van der Waals surface area contributed by atoms with Gasteiger partial charge in [0, 0.05) is 10.0 Å². The van der Waals surface area contributed by atoms with E-state index in [2.05, 4.69) is 13.8 Å². The largest absolute Gasteiger partial charge is 0.330 e. The summed E-state index contributed by atoms with van der Waals surface area (Å²) in [4.78, 5) is 0. The molecule has 3 heteroatoms. The standard InChI is InChI=1S/C11H15Cl2N/c1-11(2,7-14)6-8-3-4-9(12)5-10(8)13/h3-5H,6-7,14H2,1-2H3. The van der Waals surface area contributed by atoms with Gasteiger partial charge in [-0.2, -0.15) is 0 Å². The van der Waals surface area contributed by atoms with Crippen molar-refractivity contribution in [3.05, 3.63) is 33.8 Å². The maximum absolute atomic E-state index is 6.07. The van der Waals surface area contributed by atoms with E-state index in [0.717, 1.165) is 17.0 Å². The molecule has 0 aliphatic heterocycles. The van der Waals surface area contributed by atoms with Crippen molar-refractivity contribution in [2.24, 2.45) is 11.1 Å². The maximum atomic E-state index is 6.07. The minimum Gasteiger partial charge on any atom is -0.330 e. The summed E-state index contributed by atoms with van der Waals surface area (Å²) < 4.78 is 0. The van der Waals surface area contributed by atoms with Gasteiger partial charge in [0.1, 0.15) is 0 Å². The zero-order chi connectivity index (χ0) is 10.8. The average Bonchev–Trinajstić information content (AvgIpc) is 2.10. The van der Waals surface area contributed by atoms with Crippen molar-refractivity contribution < 1.29 is 0 Å². The topological polar surface area (TPSA) is 26.0 Å². The third-order valence-electron chi connectivity index (χ3n) is 2.24. The summed E-state index contributed by atoms with van der Waals surface area (Å²) in [6, 6.07) is 5.59. The Kier molecular flexibility index (Phi) is 3.82. The summed E-state index contributed by atoms with van der Waals surface area (Å²) in [5.74, 6) is 0. The molecule has 0 aliphatic rings. The minimum atomic E-state index is 0.0808. The lowest BCUT2D eigenvalue weighted by atomic mass is 9.86. The van der Waals surface area contributed by atoms with Gasteiger partial charge < -0.3 is 5.73 Å². The molecule has 0 spiro atoms. The molecule has 1 aromatic carbocycles. The Morgan fingerprint density at radius 3 is 2.43 bits per heavy atom. The van der Waals surface area contributed by atoms with Crippen LogP contribution >= 0.6 is 23.2 Å². The summed E-state index contributed by atoms with van der Waals surface area (Å²) >= 11 is 11.9. The summed E-state index contributed by atoms with van der Waals surface area (Å²) in [5, 5.41) is 1.39. The lowest BCUT2D eigenvalue weighted by Crippen LogP contribution is -2.26. The highest BCUT2D eigenvalue weighted by Crippen LogP contribution is 2.27. The van der Waals surface area contributed by atoms with Crippen molar-refractivity contribution in [1.29, 1.82) is 0 Å². The lowest BCUT2D eigenvalue weighted by Gasteiger charge is -2.22. The molecule has 0 heterocycles. The molecule has 0 radical (unpaired) electrons. The Morgan fingerprint density at radius 1 is 1.29 bits per heavy atom. The molecule has 0 unspecified atom stereocenters. The summed E-state index contributed by atoms with van der Waals surface area (Å²) in [7, 11) is 0. The SMILES string of the molecule is CC(C)(CN)Cc1ccc(Cl)cc1Cl. The zero-order valence-electron chi connectivity index (χ0n) is 8.48. The van der Waals surface area contributed by atoms with Gasteiger partial charge in [0.25, 0.3) is 0 Å². The predicted octanol–water partition coefficient (Wildman–Crippen LogP) is 3.52. The number of rotatable bonds is 3. The number of benzene rings is 1. The number of hydrogen-bond donors (Lipinski definition) is 1. The highest BCUT2D eigenvalue weighted by atomic mass is 35.5. The third kappa shape index (κ3) is 3.16. The second kappa shape index (κ2) is 4.52. The Hall–Kier alpha value is -0.240. The van der Waals surface area contributed by atoms with E-state index in [1.165, 1.54) is 0 Å².